The third-order valence-electron chi connectivity index (χ3n) is 13.0. The van der Waals surface area contributed by atoms with E-state index in [4.69, 9.17) is 18.8 Å². The van der Waals surface area contributed by atoms with Crippen LogP contribution in [0.3, 0.4) is 0 Å². The van der Waals surface area contributed by atoms with Gasteiger partial charge in [-0.1, -0.05) is 134 Å². The molecule has 0 spiro atoms. The Labute approximate surface area is 350 Å². The van der Waals surface area contributed by atoms with Gasteiger partial charge < -0.3 is 13.4 Å². The average Bonchev–Trinajstić information content (AvgIpc) is 3.99. The third kappa shape index (κ3) is 5.14. The Bertz CT molecular complexity index is 3830. The molecule has 0 fully saturated rings. The molecule has 0 radical (unpaired) electrons. The van der Waals surface area contributed by atoms with Gasteiger partial charge >= 0.3 is 0 Å². The molecule has 3 aromatic heterocycles. The maximum atomic E-state index is 6.74. The highest BCUT2D eigenvalue weighted by Crippen LogP contribution is 2.46. The van der Waals surface area contributed by atoms with Crippen LogP contribution in [0.4, 0.5) is 0 Å². The van der Waals surface area contributed by atoms with Crippen LogP contribution in [-0.2, 0) is 0 Å². The minimum atomic E-state index is -0.291. The maximum absolute atomic E-state index is 6.74. The average molecular weight is 784 g/mol. The molecule has 288 valence electrons. The maximum Gasteiger partial charge on any atom is 0.155 e. The van der Waals surface area contributed by atoms with E-state index in [-0.39, 0.29) is 12.0 Å². The van der Waals surface area contributed by atoms with Gasteiger partial charge in [0.1, 0.15) is 22.3 Å². The Morgan fingerprint density at radius 2 is 1.11 bits per heavy atom. The molecule has 5 nitrogen and oxygen atoms in total. The highest BCUT2D eigenvalue weighted by molar-refractivity contribution is 6.22. The van der Waals surface area contributed by atoms with Crippen molar-refractivity contribution in [3.05, 3.63) is 199 Å². The van der Waals surface area contributed by atoms with Crippen molar-refractivity contribution < 1.29 is 8.83 Å². The fourth-order valence-electron chi connectivity index (χ4n) is 10.1. The lowest BCUT2D eigenvalue weighted by atomic mass is 9.82. The van der Waals surface area contributed by atoms with Crippen molar-refractivity contribution in [3.63, 3.8) is 0 Å². The molecule has 61 heavy (non-hydrogen) atoms. The molecule has 2 atom stereocenters. The van der Waals surface area contributed by atoms with Gasteiger partial charge in [0.15, 0.2) is 5.84 Å². The number of para-hydroxylation sites is 2. The number of aliphatic imine (C=N–C) groups is 2. The second kappa shape index (κ2) is 13.1. The summed E-state index contributed by atoms with van der Waals surface area (Å²) in [6, 6.07) is 64.7. The van der Waals surface area contributed by atoms with Gasteiger partial charge in [-0.15, -0.1) is 0 Å². The first-order valence-electron chi connectivity index (χ1n) is 21.1. The molecule has 4 heterocycles. The van der Waals surface area contributed by atoms with E-state index in [1.807, 2.05) is 24.3 Å². The summed E-state index contributed by atoms with van der Waals surface area (Å²) < 4.78 is 15.5. The van der Waals surface area contributed by atoms with Gasteiger partial charge in [-0.2, -0.15) is 0 Å². The molecule has 5 heteroatoms. The van der Waals surface area contributed by atoms with Crippen LogP contribution in [0.2, 0.25) is 0 Å². The van der Waals surface area contributed by atoms with Crippen molar-refractivity contribution in [1.29, 1.82) is 0 Å². The first-order chi connectivity index (χ1) is 30.2. The number of nitrogens with zero attached hydrogens (tertiary/aromatic N) is 3. The van der Waals surface area contributed by atoms with Crippen LogP contribution in [0.25, 0.3) is 92.9 Å². The molecule has 0 aliphatic carbocycles. The standard InChI is InChI=1S/C56H37N3O2/c1-2-38-53(37-25-27-51-44(29-37)40-20-10-12-22-49(40)60-51)57-56(34-15-4-3-5-16-34)58-54(38)46-31-45-41-21-11-13-23-50(41)61-52(45)32-48(46)59-47-30-36-18-7-6-17-35(36)28-43(47)42-26-24-33-14-8-9-19-39(33)55(42)59/h3-32,38,54H,2H2,1H3. The van der Waals surface area contributed by atoms with E-state index in [9.17, 15) is 0 Å². The number of aromatic nitrogens is 1. The molecule has 13 rings (SSSR count). The zero-order chi connectivity index (χ0) is 40.2. The van der Waals surface area contributed by atoms with Gasteiger partial charge in [-0.05, 0) is 76.7 Å². The highest BCUT2D eigenvalue weighted by atomic mass is 16.3. The Morgan fingerprint density at radius 3 is 1.89 bits per heavy atom. The van der Waals surface area contributed by atoms with E-state index < -0.39 is 0 Å². The fraction of sp³-hybridized carbons (Fsp3) is 0.0714. The summed E-state index contributed by atoms with van der Waals surface area (Å²) in [5.41, 5.74) is 11.0. The number of hydrogen-bond donors (Lipinski definition) is 0. The van der Waals surface area contributed by atoms with E-state index in [0.717, 1.165) is 89.7 Å². The van der Waals surface area contributed by atoms with Crippen LogP contribution < -0.4 is 0 Å². The first-order valence-corrected chi connectivity index (χ1v) is 21.1. The molecule has 1 aliphatic heterocycles. The van der Waals surface area contributed by atoms with E-state index in [2.05, 4.69) is 169 Å². The second-order valence-corrected chi connectivity index (χ2v) is 16.3. The molecular formula is C56H37N3O2. The van der Waals surface area contributed by atoms with Crippen LogP contribution in [0.15, 0.2) is 201 Å². The van der Waals surface area contributed by atoms with E-state index >= 15 is 0 Å². The SMILES string of the molecule is CCC1C(c2ccc3oc4ccccc4c3c2)=NC(c2ccccc2)=NC1c1cc2c(cc1-n1c3cc4ccccc4cc3c3ccc4ccccc4c31)oc1ccccc12. The Kier molecular flexibility index (Phi) is 7.34. The lowest BCUT2D eigenvalue weighted by Gasteiger charge is -2.31. The smallest absolute Gasteiger partial charge is 0.155 e. The van der Waals surface area contributed by atoms with Crippen molar-refractivity contribution in [1.82, 2.24) is 4.57 Å². The number of fused-ring (bicyclic) bond motifs is 12. The molecule has 9 aromatic carbocycles. The van der Waals surface area contributed by atoms with Crippen molar-refractivity contribution >= 4 is 98.8 Å². The number of hydrogen-bond acceptors (Lipinski definition) is 4. The summed E-state index contributed by atoms with van der Waals surface area (Å²) in [6.45, 7) is 2.27. The monoisotopic (exact) mass is 783 g/mol. The van der Waals surface area contributed by atoms with Gasteiger partial charge in [-0.25, -0.2) is 4.99 Å². The number of benzene rings is 9. The largest absolute Gasteiger partial charge is 0.456 e. The molecule has 12 aromatic rings. The van der Waals surface area contributed by atoms with Crippen molar-refractivity contribution in [2.45, 2.75) is 19.4 Å². The Morgan fingerprint density at radius 1 is 0.475 bits per heavy atom. The zero-order valence-corrected chi connectivity index (χ0v) is 33.3. The summed E-state index contributed by atoms with van der Waals surface area (Å²) in [5, 5.41) is 11.6. The number of amidine groups is 1. The zero-order valence-electron chi connectivity index (χ0n) is 33.3. The molecule has 1 aliphatic rings. The van der Waals surface area contributed by atoms with Crippen molar-refractivity contribution in [3.8, 4) is 5.69 Å². The molecule has 0 N–H and O–H groups in total. The third-order valence-corrected chi connectivity index (χ3v) is 13.0. The van der Waals surface area contributed by atoms with Gasteiger partial charge in [-0.3, -0.25) is 4.99 Å². The van der Waals surface area contributed by atoms with Crippen molar-refractivity contribution in [2.24, 2.45) is 15.9 Å². The molecular weight excluding hydrogens is 747 g/mol. The van der Waals surface area contributed by atoms with Crippen LogP contribution in [0, 0.1) is 5.92 Å². The summed E-state index contributed by atoms with van der Waals surface area (Å²) in [5.74, 6) is 0.673. The minimum Gasteiger partial charge on any atom is -0.456 e. The van der Waals surface area contributed by atoms with Crippen molar-refractivity contribution in [2.75, 3.05) is 0 Å². The molecule has 0 saturated carbocycles. The Hall–Kier alpha value is -7.76. The highest BCUT2D eigenvalue weighted by Gasteiger charge is 2.35. The number of rotatable bonds is 5. The summed E-state index contributed by atoms with van der Waals surface area (Å²) in [7, 11) is 0. The molecule has 0 saturated heterocycles. The lowest BCUT2D eigenvalue weighted by molar-refractivity contribution is 0.531. The normalized spacial score (nSPS) is 15.9. The second-order valence-electron chi connectivity index (χ2n) is 16.3. The Balaban J connectivity index is 1.14. The van der Waals surface area contributed by atoms with Gasteiger partial charge in [0.25, 0.3) is 0 Å². The van der Waals surface area contributed by atoms with Crippen LogP contribution in [0.5, 0.6) is 0 Å². The van der Waals surface area contributed by atoms with Gasteiger partial charge in [0.05, 0.1) is 28.5 Å². The quantitative estimate of drug-likeness (QED) is 0.175. The van der Waals surface area contributed by atoms with E-state index in [0.29, 0.717) is 0 Å². The van der Waals surface area contributed by atoms with Gasteiger partial charge in [0, 0.05) is 60.8 Å². The van der Waals surface area contributed by atoms with E-state index in [1.165, 1.54) is 37.8 Å². The molecule has 2 unspecified atom stereocenters. The van der Waals surface area contributed by atoms with Gasteiger partial charge in [0.2, 0.25) is 0 Å². The first kappa shape index (κ1) is 34.1. The van der Waals surface area contributed by atoms with Crippen LogP contribution in [0.1, 0.15) is 36.1 Å². The van der Waals surface area contributed by atoms with Crippen LogP contribution in [-0.4, -0.2) is 16.1 Å². The molecule has 0 bridgehead atoms. The summed E-state index contributed by atoms with van der Waals surface area (Å²) >= 11 is 0. The predicted octanol–water partition coefficient (Wildman–Crippen LogP) is 14.9. The lowest BCUT2D eigenvalue weighted by Crippen LogP contribution is -2.28. The fourth-order valence-corrected chi connectivity index (χ4v) is 10.1. The van der Waals surface area contributed by atoms with E-state index in [1.54, 1.807) is 0 Å². The topological polar surface area (TPSA) is 55.9 Å². The molecule has 0 amide bonds. The summed E-state index contributed by atoms with van der Waals surface area (Å²) in [4.78, 5) is 11.2. The van der Waals surface area contributed by atoms with Crippen LogP contribution >= 0.6 is 0 Å². The number of furan rings is 2. The summed E-state index contributed by atoms with van der Waals surface area (Å²) in [6.07, 6.45) is 0.823. The predicted molar refractivity (Wildman–Crippen MR) is 253 cm³/mol. The minimum absolute atomic E-state index is 0.0527.